The molecule has 4 aromatic rings. The van der Waals surface area contributed by atoms with Crippen molar-refractivity contribution in [2.24, 2.45) is 7.05 Å². The third-order valence-electron chi connectivity index (χ3n) is 10.1. The summed E-state index contributed by atoms with van der Waals surface area (Å²) in [4.78, 5) is 43.6. The van der Waals surface area contributed by atoms with E-state index in [0.29, 0.717) is 36.1 Å². The fraction of sp³-hybridized carbons (Fsp3) is 0.417. The average molecular weight is 660 g/mol. The second-order valence-electron chi connectivity index (χ2n) is 13.3. The summed E-state index contributed by atoms with van der Waals surface area (Å²) in [6, 6.07) is 15.9. The maximum atomic E-state index is 13.8. The lowest BCUT2D eigenvalue weighted by atomic mass is 9.86. The topological polar surface area (TPSA) is 157 Å². The predicted molar refractivity (Wildman–Crippen MR) is 186 cm³/mol. The molecule has 1 spiro atoms. The van der Waals surface area contributed by atoms with Gasteiger partial charge in [-0.2, -0.15) is 15.3 Å². The minimum atomic E-state index is -0.178. The molecule has 13 nitrogen and oxygen atoms in total. The molecule has 3 fully saturated rings. The summed E-state index contributed by atoms with van der Waals surface area (Å²) in [5.74, 6) is 1.86. The molecule has 0 bridgehead atoms. The number of nitrogens with zero attached hydrogens (tertiary/aromatic N) is 8. The summed E-state index contributed by atoms with van der Waals surface area (Å²) in [6.07, 6.45) is 13.4. The highest BCUT2D eigenvalue weighted by Gasteiger charge is 2.41. The Hall–Kier alpha value is -5.51. The van der Waals surface area contributed by atoms with E-state index in [-0.39, 0.29) is 29.6 Å². The number of benzene rings is 1. The number of nitrogens with one attached hydrogen (secondary N) is 3. The van der Waals surface area contributed by atoms with Gasteiger partial charge in [-0.25, -0.2) is 14.8 Å². The van der Waals surface area contributed by atoms with Gasteiger partial charge in [-0.3, -0.25) is 14.4 Å². The highest BCUT2D eigenvalue weighted by Crippen LogP contribution is 2.34. The van der Waals surface area contributed by atoms with Gasteiger partial charge < -0.3 is 20.9 Å². The van der Waals surface area contributed by atoms with Crippen molar-refractivity contribution in [1.82, 2.24) is 35.4 Å². The Morgan fingerprint density at radius 3 is 2.47 bits per heavy atom. The van der Waals surface area contributed by atoms with Crippen molar-refractivity contribution in [3.8, 4) is 17.2 Å². The minimum absolute atomic E-state index is 0.0419. The van der Waals surface area contributed by atoms with Crippen LogP contribution in [0.3, 0.4) is 0 Å². The number of aryl methyl sites for hydroxylation is 1. The van der Waals surface area contributed by atoms with Crippen molar-refractivity contribution in [3.63, 3.8) is 0 Å². The molecule has 13 heteroatoms. The van der Waals surface area contributed by atoms with E-state index >= 15 is 0 Å². The number of pyridine rings is 1. The van der Waals surface area contributed by atoms with Crippen molar-refractivity contribution in [2.45, 2.75) is 75.5 Å². The van der Waals surface area contributed by atoms with Crippen molar-refractivity contribution in [1.29, 1.82) is 5.26 Å². The largest absolute Gasteiger partial charge is 0.355 e. The van der Waals surface area contributed by atoms with Crippen molar-refractivity contribution >= 4 is 29.5 Å². The zero-order valence-electron chi connectivity index (χ0n) is 27.7. The van der Waals surface area contributed by atoms with Crippen LogP contribution in [0.2, 0.25) is 0 Å². The molecule has 7 rings (SSSR count). The lowest BCUT2D eigenvalue weighted by Crippen LogP contribution is -2.51. The van der Waals surface area contributed by atoms with Gasteiger partial charge in [0, 0.05) is 74.2 Å². The molecule has 1 aliphatic carbocycles. The van der Waals surface area contributed by atoms with E-state index in [1.807, 2.05) is 55.7 Å². The summed E-state index contributed by atoms with van der Waals surface area (Å²) in [6.45, 7) is 1.86. The monoisotopic (exact) mass is 659 g/mol. The lowest BCUT2D eigenvalue weighted by Gasteiger charge is -2.40. The Balaban J connectivity index is 1.02. The normalized spacial score (nSPS) is 20.0. The van der Waals surface area contributed by atoms with Crippen LogP contribution in [0.5, 0.6) is 0 Å². The number of hydrogen-bond donors (Lipinski definition) is 3. The molecular weight excluding hydrogens is 618 g/mol. The first-order valence-electron chi connectivity index (χ1n) is 17.0. The molecule has 2 aliphatic heterocycles. The SMILES string of the molecule is Cn1cc(-c2ccc(N(C(=O)NCc3ccccc3)[C@H]3CC[C@H](Nc4ncc(C#N)c(N5CCC6(CCC(=O)N6)CC5)n4)CC3)nc2)cn1. The Kier molecular flexibility index (Phi) is 9.11. The van der Waals surface area contributed by atoms with Gasteiger partial charge in [0.15, 0.2) is 5.82 Å². The van der Waals surface area contributed by atoms with E-state index in [1.54, 1.807) is 28.2 Å². The molecule has 0 atom stereocenters. The summed E-state index contributed by atoms with van der Waals surface area (Å²) in [7, 11) is 1.88. The fourth-order valence-electron chi connectivity index (χ4n) is 7.30. The van der Waals surface area contributed by atoms with Crippen molar-refractivity contribution in [2.75, 3.05) is 28.2 Å². The molecular formula is C36H41N11O2. The number of urea groups is 1. The summed E-state index contributed by atoms with van der Waals surface area (Å²) >= 11 is 0. The average Bonchev–Trinajstić information content (AvgIpc) is 3.74. The number of rotatable bonds is 8. The highest BCUT2D eigenvalue weighted by molar-refractivity contribution is 5.91. The number of aromatic nitrogens is 5. The number of anilines is 3. The molecule has 5 heterocycles. The van der Waals surface area contributed by atoms with Gasteiger partial charge in [0.1, 0.15) is 17.5 Å². The molecule has 1 saturated carbocycles. The van der Waals surface area contributed by atoms with Crippen molar-refractivity contribution in [3.05, 3.63) is 78.4 Å². The molecule has 1 aromatic carbocycles. The molecule has 3 aliphatic rings. The first kappa shape index (κ1) is 32.1. The third kappa shape index (κ3) is 7.18. The number of hydrogen-bond acceptors (Lipinski definition) is 9. The number of amides is 3. The molecule has 49 heavy (non-hydrogen) atoms. The second kappa shape index (κ2) is 13.9. The Bertz CT molecular complexity index is 1820. The van der Waals surface area contributed by atoms with E-state index < -0.39 is 0 Å². The number of piperidine rings is 1. The smallest absolute Gasteiger partial charge is 0.323 e. The van der Waals surface area contributed by atoms with Gasteiger partial charge in [0.05, 0.1) is 12.4 Å². The Morgan fingerprint density at radius 2 is 1.82 bits per heavy atom. The second-order valence-corrected chi connectivity index (χ2v) is 13.3. The van der Waals surface area contributed by atoms with Crippen LogP contribution in [-0.2, 0) is 18.4 Å². The molecule has 2 saturated heterocycles. The zero-order valence-corrected chi connectivity index (χ0v) is 27.7. The van der Waals surface area contributed by atoms with Gasteiger partial charge >= 0.3 is 6.03 Å². The van der Waals surface area contributed by atoms with E-state index in [9.17, 15) is 14.9 Å². The molecule has 3 amide bonds. The van der Waals surface area contributed by atoms with Crippen LogP contribution in [0.25, 0.3) is 11.1 Å². The maximum absolute atomic E-state index is 13.8. The Labute approximate surface area is 285 Å². The minimum Gasteiger partial charge on any atom is -0.355 e. The predicted octanol–water partition coefficient (Wildman–Crippen LogP) is 4.53. The molecule has 0 unspecified atom stereocenters. The summed E-state index contributed by atoms with van der Waals surface area (Å²) in [5, 5.41) is 23.9. The fourth-order valence-corrected chi connectivity index (χ4v) is 7.30. The zero-order chi connectivity index (χ0) is 33.8. The van der Waals surface area contributed by atoms with Crippen LogP contribution in [0, 0.1) is 11.3 Å². The third-order valence-corrected chi connectivity index (χ3v) is 10.1. The van der Waals surface area contributed by atoms with Crippen LogP contribution < -0.4 is 25.8 Å². The number of carbonyl (C=O) groups is 2. The van der Waals surface area contributed by atoms with Gasteiger partial charge in [-0.1, -0.05) is 30.3 Å². The molecule has 3 aromatic heterocycles. The van der Waals surface area contributed by atoms with E-state index in [1.165, 1.54) is 0 Å². The first-order valence-corrected chi connectivity index (χ1v) is 17.0. The number of nitriles is 1. The molecule has 0 radical (unpaired) electrons. The van der Waals surface area contributed by atoms with Crippen LogP contribution in [-0.4, -0.2) is 67.4 Å². The number of carbonyl (C=O) groups excluding carboxylic acids is 2. The van der Waals surface area contributed by atoms with Crippen LogP contribution in [0.1, 0.15) is 62.5 Å². The quantitative estimate of drug-likeness (QED) is 0.247. The molecule has 252 valence electrons. The molecule has 3 N–H and O–H groups in total. The lowest BCUT2D eigenvalue weighted by molar-refractivity contribution is -0.119. The van der Waals surface area contributed by atoms with E-state index in [0.717, 1.165) is 74.7 Å². The van der Waals surface area contributed by atoms with Crippen LogP contribution >= 0.6 is 0 Å². The van der Waals surface area contributed by atoms with Crippen LogP contribution in [0.15, 0.2) is 67.3 Å². The standard InChI is InChI=1S/C36H41N11O2/c1-45-24-28(23-41-45)26-7-12-31(38-21-26)47(35(49)40-20-25-5-3-2-4-6-25)30-10-8-29(9-11-30)42-34-39-22-27(19-37)33(43-34)46-17-15-36(16-18-46)14-13-32(48)44-36/h2-7,12,21-24,29-30H,8-11,13-18,20H2,1H3,(H,40,49)(H,44,48)(H,39,42,43)/t29-,30-. The summed E-state index contributed by atoms with van der Waals surface area (Å²) < 4.78 is 1.75. The summed E-state index contributed by atoms with van der Waals surface area (Å²) in [5.41, 5.74) is 3.24. The van der Waals surface area contributed by atoms with E-state index in [4.69, 9.17) is 9.97 Å². The first-order chi connectivity index (χ1) is 23.9. The Morgan fingerprint density at radius 1 is 1.02 bits per heavy atom. The maximum Gasteiger partial charge on any atom is 0.323 e. The van der Waals surface area contributed by atoms with Gasteiger partial charge in [0.25, 0.3) is 0 Å². The van der Waals surface area contributed by atoms with Gasteiger partial charge in [0.2, 0.25) is 11.9 Å². The van der Waals surface area contributed by atoms with E-state index in [2.05, 4.69) is 37.0 Å². The van der Waals surface area contributed by atoms with Gasteiger partial charge in [-0.15, -0.1) is 0 Å². The van der Waals surface area contributed by atoms with Crippen molar-refractivity contribution < 1.29 is 9.59 Å². The van der Waals surface area contributed by atoms with Crippen LogP contribution in [0.4, 0.5) is 22.4 Å². The highest BCUT2D eigenvalue weighted by atomic mass is 16.2. The van der Waals surface area contributed by atoms with Gasteiger partial charge in [-0.05, 0) is 62.6 Å².